The molecule has 1 atom stereocenters. The Bertz CT molecular complexity index is 908. The van der Waals surface area contributed by atoms with Crippen LogP contribution in [-0.2, 0) is 21.2 Å². The molecule has 2 aromatic rings. The lowest BCUT2D eigenvalue weighted by molar-refractivity contribution is 0.0730. The zero-order valence-corrected chi connectivity index (χ0v) is 18.0. The first-order chi connectivity index (χ1) is 13.4. The Balaban J connectivity index is 1.70. The highest BCUT2D eigenvalue weighted by Crippen LogP contribution is 2.27. The third-order valence-electron chi connectivity index (χ3n) is 4.56. The minimum atomic E-state index is -3.70. The number of rotatable bonds is 7. The maximum absolute atomic E-state index is 12.9. The number of amides is 1. The molecule has 1 fully saturated rings. The van der Waals surface area contributed by atoms with E-state index in [4.69, 9.17) is 9.15 Å². The molecule has 0 aliphatic carbocycles. The first-order valence-corrected chi connectivity index (χ1v) is 11.3. The average molecular weight is 471 g/mol. The molecule has 0 spiro atoms. The number of nitrogens with one attached hydrogen (secondary N) is 1. The van der Waals surface area contributed by atoms with E-state index in [9.17, 15) is 13.2 Å². The normalized spacial score (nSPS) is 16.6. The summed E-state index contributed by atoms with van der Waals surface area (Å²) in [7, 11) is -3.70. The van der Waals surface area contributed by atoms with E-state index >= 15 is 0 Å². The summed E-state index contributed by atoms with van der Waals surface area (Å²) in [6.45, 7) is 3.24. The molecule has 1 N–H and O–H groups in total. The fourth-order valence-electron chi connectivity index (χ4n) is 2.96. The number of carbonyl (C=O) groups excluding carboxylic acids is 1. The Morgan fingerprint density at radius 1 is 1.29 bits per heavy atom. The molecule has 0 bridgehead atoms. The SMILES string of the molecule is CC(CCc1ccco1)NC(=O)c1ccc(Br)c(S(=O)(=O)N2CCOCC2)c1. The van der Waals surface area contributed by atoms with Crippen LogP contribution in [0.2, 0.25) is 0 Å². The van der Waals surface area contributed by atoms with E-state index in [-0.39, 0.29) is 16.8 Å². The summed E-state index contributed by atoms with van der Waals surface area (Å²) in [6.07, 6.45) is 3.05. The number of ether oxygens (including phenoxy) is 1. The molecule has 2 heterocycles. The summed E-state index contributed by atoms with van der Waals surface area (Å²) in [5.74, 6) is 0.557. The van der Waals surface area contributed by atoms with Crippen molar-refractivity contribution in [3.63, 3.8) is 0 Å². The number of hydrogen-bond donors (Lipinski definition) is 1. The van der Waals surface area contributed by atoms with Gasteiger partial charge in [0.15, 0.2) is 0 Å². The van der Waals surface area contributed by atoms with Crippen molar-refractivity contribution in [3.8, 4) is 0 Å². The Morgan fingerprint density at radius 2 is 2.04 bits per heavy atom. The number of aryl methyl sites for hydroxylation is 1. The number of halogens is 1. The van der Waals surface area contributed by atoms with Gasteiger partial charge in [-0.1, -0.05) is 0 Å². The van der Waals surface area contributed by atoms with Crippen LogP contribution in [-0.4, -0.2) is 51.0 Å². The van der Waals surface area contributed by atoms with Crippen LogP contribution in [0.3, 0.4) is 0 Å². The van der Waals surface area contributed by atoms with Crippen molar-refractivity contribution in [2.45, 2.75) is 30.7 Å². The Morgan fingerprint density at radius 3 is 2.71 bits per heavy atom. The van der Waals surface area contributed by atoms with Gasteiger partial charge in [-0.05, 0) is 59.6 Å². The van der Waals surface area contributed by atoms with Crippen molar-refractivity contribution in [2.75, 3.05) is 26.3 Å². The Hall–Kier alpha value is -1.68. The van der Waals surface area contributed by atoms with Crippen LogP contribution in [0.1, 0.15) is 29.5 Å². The second kappa shape index (κ2) is 9.21. The number of hydrogen-bond acceptors (Lipinski definition) is 5. The molecule has 3 rings (SSSR count). The Labute approximate surface area is 173 Å². The largest absolute Gasteiger partial charge is 0.469 e. The molecule has 152 valence electrons. The fourth-order valence-corrected chi connectivity index (χ4v) is 5.32. The molecular weight excluding hydrogens is 448 g/mol. The molecular formula is C19H23BrN2O5S. The number of furan rings is 1. The van der Waals surface area contributed by atoms with Gasteiger partial charge in [0.05, 0.1) is 24.4 Å². The van der Waals surface area contributed by atoms with E-state index in [1.807, 2.05) is 19.1 Å². The predicted octanol–water partition coefficient (Wildman–Crippen LogP) is 2.81. The molecule has 7 nitrogen and oxygen atoms in total. The van der Waals surface area contributed by atoms with Gasteiger partial charge in [-0.2, -0.15) is 4.31 Å². The van der Waals surface area contributed by atoms with E-state index < -0.39 is 10.0 Å². The van der Waals surface area contributed by atoms with Gasteiger partial charge >= 0.3 is 0 Å². The molecule has 9 heteroatoms. The van der Waals surface area contributed by atoms with E-state index in [2.05, 4.69) is 21.2 Å². The highest BCUT2D eigenvalue weighted by atomic mass is 79.9. The van der Waals surface area contributed by atoms with Crippen LogP contribution in [0.15, 0.2) is 50.4 Å². The van der Waals surface area contributed by atoms with Gasteiger partial charge in [0.2, 0.25) is 10.0 Å². The fraction of sp³-hybridized carbons (Fsp3) is 0.421. The van der Waals surface area contributed by atoms with Crippen LogP contribution >= 0.6 is 15.9 Å². The van der Waals surface area contributed by atoms with Gasteiger partial charge < -0.3 is 14.5 Å². The summed E-state index contributed by atoms with van der Waals surface area (Å²) in [5, 5.41) is 2.91. The lowest BCUT2D eigenvalue weighted by Gasteiger charge is -2.26. The molecule has 28 heavy (non-hydrogen) atoms. The monoisotopic (exact) mass is 470 g/mol. The van der Waals surface area contributed by atoms with Gasteiger partial charge in [-0.3, -0.25) is 4.79 Å². The van der Waals surface area contributed by atoms with Crippen molar-refractivity contribution in [1.82, 2.24) is 9.62 Å². The minimum Gasteiger partial charge on any atom is -0.469 e. The highest BCUT2D eigenvalue weighted by molar-refractivity contribution is 9.10. The van der Waals surface area contributed by atoms with E-state index in [0.717, 1.165) is 5.76 Å². The third-order valence-corrected chi connectivity index (χ3v) is 7.46. The van der Waals surface area contributed by atoms with Crippen molar-refractivity contribution in [2.24, 2.45) is 0 Å². The summed E-state index contributed by atoms with van der Waals surface area (Å²) >= 11 is 3.30. The van der Waals surface area contributed by atoms with E-state index in [1.165, 1.54) is 10.4 Å². The maximum Gasteiger partial charge on any atom is 0.251 e. The molecule has 1 saturated heterocycles. The maximum atomic E-state index is 12.9. The molecule has 1 aromatic carbocycles. The molecule has 0 radical (unpaired) electrons. The minimum absolute atomic E-state index is 0.0828. The van der Waals surface area contributed by atoms with Gasteiger partial charge in [0.25, 0.3) is 5.91 Å². The molecule has 1 aliphatic rings. The third kappa shape index (κ3) is 5.02. The van der Waals surface area contributed by atoms with Crippen LogP contribution < -0.4 is 5.32 Å². The molecule has 1 aromatic heterocycles. The van der Waals surface area contributed by atoms with E-state index in [0.29, 0.717) is 49.2 Å². The number of sulfonamides is 1. The van der Waals surface area contributed by atoms with Gasteiger partial charge in [0.1, 0.15) is 5.76 Å². The van der Waals surface area contributed by atoms with Crippen molar-refractivity contribution >= 4 is 31.9 Å². The molecule has 1 aliphatic heterocycles. The standard InChI is InChI=1S/C19H23BrN2O5S/c1-14(4-6-16-3-2-10-27-16)21-19(23)15-5-7-17(20)18(13-15)28(24,25)22-8-11-26-12-9-22/h2-3,5,7,10,13-14H,4,6,8-9,11-12H2,1H3,(H,21,23). The van der Waals surface area contributed by atoms with Crippen LogP contribution in [0.4, 0.5) is 0 Å². The Kier molecular flexibility index (Phi) is 6.92. The smallest absolute Gasteiger partial charge is 0.251 e. The topological polar surface area (TPSA) is 88.8 Å². The van der Waals surface area contributed by atoms with Crippen LogP contribution in [0.5, 0.6) is 0 Å². The van der Waals surface area contributed by atoms with Crippen molar-refractivity contribution in [3.05, 3.63) is 52.4 Å². The molecule has 1 unspecified atom stereocenters. The lowest BCUT2D eigenvalue weighted by atomic mass is 10.1. The zero-order valence-electron chi connectivity index (χ0n) is 15.6. The first kappa shape index (κ1) is 21.0. The number of carbonyl (C=O) groups is 1. The molecule has 1 amide bonds. The summed E-state index contributed by atoms with van der Waals surface area (Å²) in [5.41, 5.74) is 0.305. The van der Waals surface area contributed by atoms with Crippen molar-refractivity contribution < 1.29 is 22.4 Å². The summed E-state index contributed by atoms with van der Waals surface area (Å²) in [4.78, 5) is 12.7. The zero-order chi connectivity index (χ0) is 20.1. The lowest BCUT2D eigenvalue weighted by Crippen LogP contribution is -2.40. The average Bonchev–Trinajstić information content (AvgIpc) is 3.21. The van der Waals surface area contributed by atoms with Crippen molar-refractivity contribution in [1.29, 1.82) is 0 Å². The van der Waals surface area contributed by atoms with E-state index in [1.54, 1.807) is 18.4 Å². The number of nitrogens with zero attached hydrogens (tertiary/aromatic N) is 1. The van der Waals surface area contributed by atoms with Crippen LogP contribution in [0, 0.1) is 0 Å². The quantitative estimate of drug-likeness (QED) is 0.671. The first-order valence-electron chi connectivity index (χ1n) is 9.08. The summed E-state index contributed by atoms with van der Waals surface area (Å²) in [6, 6.07) is 8.26. The summed E-state index contributed by atoms with van der Waals surface area (Å²) < 4.78 is 38.2. The molecule has 0 saturated carbocycles. The van der Waals surface area contributed by atoms with Gasteiger partial charge in [-0.25, -0.2) is 8.42 Å². The second-order valence-electron chi connectivity index (χ2n) is 6.65. The predicted molar refractivity (Wildman–Crippen MR) is 108 cm³/mol. The van der Waals surface area contributed by atoms with Crippen LogP contribution in [0.25, 0.3) is 0 Å². The van der Waals surface area contributed by atoms with Gasteiger partial charge in [-0.15, -0.1) is 0 Å². The number of benzene rings is 1. The second-order valence-corrected chi connectivity index (χ2v) is 9.41. The number of morpholine rings is 1. The highest BCUT2D eigenvalue weighted by Gasteiger charge is 2.29. The van der Waals surface area contributed by atoms with Gasteiger partial charge in [0, 0.05) is 35.6 Å².